The van der Waals surface area contributed by atoms with Crippen molar-refractivity contribution in [3.8, 4) is 0 Å². The van der Waals surface area contributed by atoms with Crippen LogP contribution in [0.25, 0.3) is 0 Å². The summed E-state index contributed by atoms with van der Waals surface area (Å²) in [6.45, 7) is 0.996. The quantitative estimate of drug-likeness (QED) is 0.504. The van der Waals surface area contributed by atoms with Crippen molar-refractivity contribution in [1.29, 1.82) is 0 Å². The van der Waals surface area contributed by atoms with E-state index in [9.17, 15) is 0 Å². The van der Waals surface area contributed by atoms with E-state index in [4.69, 9.17) is 25.2 Å². The van der Waals surface area contributed by atoms with Crippen LogP contribution >= 0.6 is 0 Å². The molecule has 0 amide bonds. The molecule has 1 fully saturated rings. The van der Waals surface area contributed by atoms with Crippen LogP contribution in [0, 0.1) is 0 Å². The van der Waals surface area contributed by atoms with Crippen LogP contribution in [0.2, 0.25) is 0 Å². The van der Waals surface area contributed by atoms with Crippen molar-refractivity contribution in [3.63, 3.8) is 0 Å². The summed E-state index contributed by atoms with van der Waals surface area (Å²) in [4.78, 5) is 0. The van der Waals surface area contributed by atoms with Crippen LogP contribution in [-0.4, -0.2) is 33.8 Å². The predicted octanol–water partition coefficient (Wildman–Crippen LogP) is 0.593. The summed E-state index contributed by atoms with van der Waals surface area (Å²) in [5, 5.41) is -1.16. The Morgan fingerprint density at radius 3 is 2.57 bits per heavy atom. The number of benzene rings is 1. The summed E-state index contributed by atoms with van der Waals surface area (Å²) < 4.78 is 10.4. The Bertz CT molecular complexity index is 296. The van der Waals surface area contributed by atoms with Crippen LogP contribution < -0.4 is 0 Å². The van der Waals surface area contributed by atoms with Crippen molar-refractivity contribution >= 4 is 15.7 Å². The van der Waals surface area contributed by atoms with E-state index in [1.54, 1.807) is 0 Å². The Hall–Kier alpha value is -0.730. The highest BCUT2D eigenvalue weighted by Gasteiger charge is 2.39. The van der Waals surface area contributed by atoms with E-state index < -0.39 is 5.40 Å². The number of hydrogen-bond acceptors (Lipinski definition) is 2. The first kappa shape index (κ1) is 9.81. The molecule has 2 nitrogen and oxygen atoms in total. The van der Waals surface area contributed by atoms with Crippen LogP contribution in [0.15, 0.2) is 30.3 Å². The molecule has 2 rings (SSSR count). The summed E-state index contributed by atoms with van der Waals surface area (Å²) in [5.74, 6) is 0. The average Bonchev–Trinajstić information content (AvgIpc) is 3.00. The molecule has 0 aliphatic carbocycles. The van der Waals surface area contributed by atoms with Gasteiger partial charge in [-0.25, -0.2) is 0 Å². The largest absolute Gasteiger partial charge is 0.387 e. The summed E-state index contributed by atoms with van der Waals surface area (Å²) in [7, 11) is 11.4. The van der Waals surface area contributed by atoms with Gasteiger partial charge in [-0.15, -0.1) is 0 Å². The molecule has 1 unspecified atom stereocenters. The fraction of sp³-hybridized carbons (Fsp3) is 0.400. The molecule has 0 N–H and O–H groups in total. The Kier molecular flexibility index (Phi) is 2.66. The second kappa shape index (κ2) is 3.79. The third-order valence-corrected chi connectivity index (χ3v) is 2.17. The Morgan fingerprint density at radius 1 is 1.36 bits per heavy atom. The Morgan fingerprint density at radius 2 is 2.00 bits per heavy atom. The minimum atomic E-state index is -1.16. The van der Waals surface area contributed by atoms with Crippen molar-refractivity contribution in [2.24, 2.45) is 0 Å². The zero-order chi connectivity index (χ0) is 10.0. The first-order valence-electron chi connectivity index (χ1n) is 4.56. The third kappa shape index (κ3) is 2.40. The summed E-state index contributed by atoms with van der Waals surface area (Å²) >= 11 is 0. The van der Waals surface area contributed by atoms with Gasteiger partial charge in [-0.3, -0.25) is 0 Å². The van der Waals surface area contributed by atoms with Crippen LogP contribution in [-0.2, 0) is 16.1 Å². The highest BCUT2D eigenvalue weighted by molar-refractivity contribution is 6.39. The van der Waals surface area contributed by atoms with Gasteiger partial charge in [0.1, 0.15) is 15.7 Å². The van der Waals surface area contributed by atoms with Gasteiger partial charge in [0.05, 0.1) is 19.3 Å². The average molecular weight is 184 g/mol. The lowest BCUT2D eigenvalue weighted by atomic mass is 9.63. The molecule has 1 aromatic rings. The molecule has 1 saturated heterocycles. The number of ether oxygens (including phenoxy) is 2. The number of hydrogen-bond donors (Lipinski definition) is 0. The van der Waals surface area contributed by atoms with Gasteiger partial charge >= 0.3 is 0 Å². The second-order valence-corrected chi connectivity index (χ2v) is 3.45. The first-order valence-corrected chi connectivity index (χ1v) is 4.56. The summed E-state index contributed by atoms with van der Waals surface area (Å²) in [5.41, 5.74) is 1.05. The molecular formula is C10H10B2O2. The normalized spacial score (nSPS) is 20.7. The van der Waals surface area contributed by atoms with Gasteiger partial charge in [0.15, 0.2) is 0 Å². The molecule has 1 aliphatic heterocycles. The minimum Gasteiger partial charge on any atom is -0.387 e. The lowest BCUT2D eigenvalue weighted by Crippen LogP contribution is -2.39. The van der Waals surface area contributed by atoms with E-state index in [2.05, 4.69) is 0 Å². The van der Waals surface area contributed by atoms with Crippen LogP contribution in [0.5, 0.6) is 0 Å². The monoisotopic (exact) mass is 184 g/mol. The molecule has 14 heavy (non-hydrogen) atoms. The molecule has 1 aliphatic rings. The maximum Gasteiger partial charge on any atom is 0.103 e. The highest BCUT2D eigenvalue weighted by atomic mass is 16.6. The van der Waals surface area contributed by atoms with Crippen molar-refractivity contribution < 1.29 is 9.47 Å². The fourth-order valence-corrected chi connectivity index (χ4v) is 1.18. The molecule has 0 bridgehead atoms. The zero-order valence-electron chi connectivity index (χ0n) is 7.85. The zero-order valence-corrected chi connectivity index (χ0v) is 7.85. The van der Waals surface area contributed by atoms with Crippen LogP contribution in [0.1, 0.15) is 5.56 Å². The molecular weight excluding hydrogens is 174 g/mol. The third-order valence-electron chi connectivity index (χ3n) is 2.17. The SMILES string of the molecule is [B]C([B])(OCc1ccccc1)C1CO1. The lowest BCUT2D eigenvalue weighted by Gasteiger charge is -2.24. The first-order chi connectivity index (χ1) is 6.68. The predicted molar refractivity (Wildman–Crippen MR) is 55.2 cm³/mol. The number of rotatable bonds is 4. The van der Waals surface area contributed by atoms with Crippen molar-refractivity contribution in [2.75, 3.05) is 6.61 Å². The Labute approximate surface area is 86.4 Å². The topological polar surface area (TPSA) is 21.8 Å². The molecule has 0 spiro atoms. The smallest absolute Gasteiger partial charge is 0.103 e. The molecule has 1 aromatic carbocycles. The maximum absolute atomic E-state index is 5.70. The standard InChI is InChI=1S/C10H10B2O2/c11-10(12,9-7-13-9)14-6-8-4-2-1-3-5-8/h1-5,9H,6-7H2. The van der Waals surface area contributed by atoms with E-state index in [1.165, 1.54) is 0 Å². The number of epoxide rings is 1. The van der Waals surface area contributed by atoms with Gasteiger partial charge in [-0.2, -0.15) is 0 Å². The van der Waals surface area contributed by atoms with Crippen molar-refractivity contribution in [3.05, 3.63) is 35.9 Å². The van der Waals surface area contributed by atoms with Gasteiger partial charge in [0, 0.05) is 5.40 Å². The van der Waals surface area contributed by atoms with Crippen LogP contribution in [0.4, 0.5) is 0 Å². The van der Waals surface area contributed by atoms with Crippen molar-refractivity contribution in [1.82, 2.24) is 0 Å². The van der Waals surface area contributed by atoms with Gasteiger partial charge in [-0.05, 0) is 5.56 Å². The molecule has 68 valence electrons. The minimum absolute atomic E-state index is 0.161. The van der Waals surface area contributed by atoms with Gasteiger partial charge in [-0.1, -0.05) is 30.3 Å². The molecule has 4 heteroatoms. The van der Waals surface area contributed by atoms with E-state index in [0.29, 0.717) is 13.2 Å². The molecule has 0 aromatic heterocycles. The summed E-state index contributed by atoms with van der Waals surface area (Å²) in [6.07, 6.45) is -0.161. The maximum atomic E-state index is 5.70. The molecule has 1 heterocycles. The Balaban J connectivity index is 1.87. The van der Waals surface area contributed by atoms with Gasteiger partial charge < -0.3 is 9.47 Å². The fourth-order valence-electron chi connectivity index (χ4n) is 1.18. The summed E-state index contributed by atoms with van der Waals surface area (Å²) in [6, 6.07) is 9.77. The van der Waals surface area contributed by atoms with Gasteiger partial charge in [0.25, 0.3) is 0 Å². The second-order valence-electron chi connectivity index (χ2n) is 3.45. The van der Waals surface area contributed by atoms with E-state index in [0.717, 1.165) is 5.56 Å². The highest BCUT2D eigenvalue weighted by Crippen LogP contribution is 2.23. The van der Waals surface area contributed by atoms with Crippen LogP contribution in [0.3, 0.4) is 0 Å². The lowest BCUT2D eigenvalue weighted by molar-refractivity contribution is 0.0441. The molecule has 4 radical (unpaired) electrons. The van der Waals surface area contributed by atoms with Crippen molar-refractivity contribution in [2.45, 2.75) is 18.1 Å². The van der Waals surface area contributed by atoms with E-state index in [1.807, 2.05) is 30.3 Å². The van der Waals surface area contributed by atoms with E-state index in [-0.39, 0.29) is 6.10 Å². The molecule has 0 saturated carbocycles. The molecule has 1 atom stereocenters. The van der Waals surface area contributed by atoms with Gasteiger partial charge in [0.2, 0.25) is 0 Å². The van der Waals surface area contributed by atoms with E-state index >= 15 is 0 Å².